The summed E-state index contributed by atoms with van der Waals surface area (Å²) in [5.41, 5.74) is 0. The fourth-order valence-electron chi connectivity index (χ4n) is 1.22. The lowest BCUT2D eigenvalue weighted by molar-refractivity contribution is -0.115. The highest BCUT2D eigenvalue weighted by atomic mass is 16.5. The van der Waals surface area contributed by atoms with Crippen LogP contribution in [0.1, 0.15) is 13.3 Å². The molecular formula is C6H12O2. The summed E-state index contributed by atoms with van der Waals surface area (Å²) in [5.74, 6) is 0.551. The monoisotopic (exact) mass is 116 g/mol. The van der Waals surface area contributed by atoms with Crippen LogP contribution in [-0.2, 0) is 4.74 Å². The maximum absolute atomic E-state index is 8.95. The Balaban J connectivity index is 2.29. The van der Waals surface area contributed by atoms with Crippen molar-refractivity contribution in [1.29, 1.82) is 0 Å². The molecule has 1 saturated carbocycles. The largest absolute Gasteiger partial charge is 0.390 e. The topological polar surface area (TPSA) is 29.5 Å². The van der Waals surface area contributed by atoms with Crippen LogP contribution < -0.4 is 0 Å². The predicted molar refractivity (Wildman–Crippen MR) is 30.6 cm³/mol. The molecule has 2 heteroatoms. The Morgan fingerprint density at radius 1 is 1.62 bits per heavy atom. The fourth-order valence-corrected chi connectivity index (χ4v) is 1.22. The minimum absolute atomic E-state index is 0.106. The van der Waals surface area contributed by atoms with Crippen LogP contribution in [-0.4, -0.2) is 24.4 Å². The van der Waals surface area contributed by atoms with Gasteiger partial charge in [0.25, 0.3) is 0 Å². The van der Waals surface area contributed by atoms with Gasteiger partial charge in [0.1, 0.15) is 0 Å². The minimum Gasteiger partial charge on any atom is -0.390 e. The Morgan fingerprint density at radius 3 is 2.38 bits per heavy atom. The van der Waals surface area contributed by atoms with Crippen LogP contribution in [0.25, 0.3) is 0 Å². The van der Waals surface area contributed by atoms with E-state index in [0.717, 1.165) is 6.42 Å². The van der Waals surface area contributed by atoms with Crippen molar-refractivity contribution in [2.45, 2.75) is 25.6 Å². The van der Waals surface area contributed by atoms with E-state index in [2.05, 4.69) is 6.92 Å². The van der Waals surface area contributed by atoms with Gasteiger partial charge in [0, 0.05) is 7.11 Å². The van der Waals surface area contributed by atoms with Crippen molar-refractivity contribution in [3.05, 3.63) is 0 Å². The van der Waals surface area contributed by atoms with E-state index >= 15 is 0 Å². The molecule has 48 valence electrons. The lowest BCUT2D eigenvalue weighted by atomic mass is 9.80. The molecule has 0 spiro atoms. The van der Waals surface area contributed by atoms with Crippen molar-refractivity contribution >= 4 is 0 Å². The number of methoxy groups -OCH3 is 1. The quantitative estimate of drug-likeness (QED) is 0.537. The summed E-state index contributed by atoms with van der Waals surface area (Å²) in [6.07, 6.45) is 0.809. The lowest BCUT2D eigenvalue weighted by Crippen LogP contribution is -2.46. The number of hydrogen-bond acceptors (Lipinski definition) is 2. The van der Waals surface area contributed by atoms with Crippen LogP contribution in [0.5, 0.6) is 0 Å². The Labute approximate surface area is 49.5 Å². The van der Waals surface area contributed by atoms with Crippen LogP contribution in [0, 0.1) is 5.92 Å². The molecule has 3 unspecified atom stereocenters. The van der Waals surface area contributed by atoms with Gasteiger partial charge in [-0.15, -0.1) is 0 Å². The highest BCUT2D eigenvalue weighted by Gasteiger charge is 2.36. The molecule has 0 aliphatic heterocycles. The molecule has 3 atom stereocenters. The van der Waals surface area contributed by atoms with E-state index < -0.39 is 0 Å². The van der Waals surface area contributed by atoms with Gasteiger partial charge in [0.2, 0.25) is 0 Å². The zero-order valence-corrected chi connectivity index (χ0v) is 5.29. The molecule has 1 rings (SSSR count). The molecule has 8 heavy (non-hydrogen) atoms. The van der Waals surface area contributed by atoms with E-state index in [1.54, 1.807) is 7.11 Å². The van der Waals surface area contributed by atoms with E-state index in [4.69, 9.17) is 9.84 Å². The van der Waals surface area contributed by atoms with E-state index in [9.17, 15) is 0 Å². The number of ether oxygens (including phenoxy) is 1. The maximum Gasteiger partial charge on any atom is 0.0856 e. The maximum atomic E-state index is 8.95. The highest BCUT2D eigenvalue weighted by Crippen LogP contribution is 2.29. The first-order valence-corrected chi connectivity index (χ1v) is 2.96. The second kappa shape index (κ2) is 2.03. The minimum atomic E-state index is -0.199. The molecule has 1 N–H and O–H groups in total. The number of aliphatic hydroxyl groups excluding tert-OH is 1. The molecule has 0 aromatic carbocycles. The van der Waals surface area contributed by atoms with Crippen molar-refractivity contribution in [1.82, 2.24) is 0 Å². The molecule has 0 radical (unpaired) electrons. The van der Waals surface area contributed by atoms with Gasteiger partial charge in [-0.25, -0.2) is 0 Å². The first-order valence-electron chi connectivity index (χ1n) is 2.96. The van der Waals surface area contributed by atoms with Crippen LogP contribution in [0.3, 0.4) is 0 Å². The van der Waals surface area contributed by atoms with Crippen molar-refractivity contribution in [2.24, 2.45) is 5.92 Å². The van der Waals surface area contributed by atoms with Gasteiger partial charge in [0.15, 0.2) is 0 Å². The number of hydrogen-bond donors (Lipinski definition) is 1. The van der Waals surface area contributed by atoms with E-state index in [0.29, 0.717) is 5.92 Å². The second-order valence-electron chi connectivity index (χ2n) is 2.48. The zero-order chi connectivity index (χ0) is 6.15. The summed E-state index contributed by atoms with van der Waals surface area (Å²) in [7, 11) is 1.64. The summed E-state index contributed by atoms with van der Waals surface area (Å²) in [6, 6.07) is 0. The first kappa shape index (κ1) is 6.05. The third-order valence-corrected chi connectivity index (χ3v) is 1.83. The van der Waals surface area contributed by atoms with Gasteiger partial charge >= 0.3 is 0 Å². The summed E-state index contributed by atoms with van der Waals surface area (Å²) < 4.78 is 4.96. The average molecular weight is 116 g/mol. The standard InChI is InChI=1S/C6H12O2/c1-4-3-5(7)6(4)8-2/h4-7H,3H2,1-2H3. The lowest BCUT2D eigenvalue weighted by Gasteiger charge is -2.37. The van der Waals surface area contributed by atoms with Gasteiger partial charge in [-0.05, 0) is 12.3 Å². The Morgan fingerprint density at radius 2 is 2.25 bits per heavy atom. The van der Waals surface area contributed by atoms with E-state index in [1.807, 2.05) is 0 Å². The first-order chi connectivity index (χ1) is 3.75. The van der Waals surface area contributed by atoms with Crippen LogP contribution in [0.4, 0.5) is 0 Å². The second-order valence-corrected chi connectivity index (χ2v) is 2.48. The van der Waals surface area contributed by atoms with Crippen LogP contribution in [0.2, 0.25) is 0 Å². The third kappa shape index (κ3) is 0.740. The van der Waals surface area contributed by atoms with Crippen molar-refractivity contribution in [3.63, 3.8) is 0 Å². The van der Waals surface area contributed by atoms with Gasteiger partial charge in [-0.2, -0.15) is 0 Å². The smallest absolute Gasteiger partial charge is 0.0856 e. The molecular weight excluding hydrogens is 104 g/mol. The highest BCUT2D eigenvalue weighted by molar-refractivity contribution is 4.86. The van der Waals surface area contributed by atoms with Gasteiger partial charge in [-0.1, -0.05) is 6.92 Å². The molecule has 1 aliphatic rings. The van der Waals surface area contributed by atoms with Crippen LogP contribution in [0.15, 0.2) is 0 Å². The molecule has 1 aliphatic carbocycles. The third-order valence-electron chi connectivity index (χ3n) is 1.83. The summed E-state index contributed by atoms with van der Waals surface area (Å²) in [4.78, 5) is 0. The molecule has 0 heterocycles. The average Bonchev–Trinajstić information content (AvgIpc) is 1.67. The molecule has 2 nitrogen and oxygen atoms in total. The summed E-state index contributed by atoms with van der Waals surface area (Å²) >= 11 is 0. The molecule has 0 aromatic rings. The predicted octanol–water partition coefficient (Wildman–Crippen LogP) is 0.402. The SMILES string of the molecule is COC1C(C)CC1O. The molecule has 0 aromatic heterocycles. The molecule has 0 saturated heterocycles. The zero-order valence-electron chi connectivity index (χ0n) is 5.29. The Bertz CT molecular complexity index is 74.6. The number of aliphatic hydroxyl groups is 1. The summed E-state index contributed by atoms with van der Waals surface area (Å²) in [5, 5.41) is 8.95. The van der Waals surface area contributed by atoms with Gasteiger partial charge < -0.3 is 9.84 Å². The fraction of sp³-hybridized carbons (Fsp3) is 1.00. The number of rotatable bonds is 1. The van der Waals surface area contributed by atoms with Crippen molar-refractivity contribution in [3.8, 4) is 0 Å². The van der Waals surface area contributed by atoms with E-state index in [1.165, 1.54) is 0 Å². The normalized spacial score (nSPS) is 46.1. The van der Waals surface area contributed by atoms with Crippen molar-refractivity contribution < 1.29 is 9.84 Å². The van der Waals surface area contributed by atoms with Crippen molar-refractivity contribution in [2.75, 3.05) is 7.11 Å². The Kier molecular flexibility index (Phi) is 1.54. The molecule has 0 amide bonds. The van der Waals surface area contributed by atoms with Gasteiger partial charge in [0.05, 0.1) is 12.2 Å². The van der Waals surface area contributed by atoms with E-state index in [-0.39, 0.29) is 12.2 Å². The molecule has 1 fully saturated rings. The van der Waals surface area contributed by atoms with Crippen LogP contribution >= 0.6 is 0 Å². The molecule has 0 bridgehead atoms. The summed E-state index contributed by atoms with van der Waals surface area (Å²) in [6.45, 7) is 2.08. The Hall–Kier alpha value is -0.0800. The van der Waals surface area contributed by atoms with Gasteiger partial charge in [-0.3, -0.25) is 0 Å².